The van der Waals surface area contributed by atoms with Crippen LogP contribution >= 0.6 is 0 Å². The van der Waals surface area contributed by atoms with Crippen LogP contribution in [-0.4, -0.2) is 47.3 Å². The fourth-order valence-corrected chi connectivity index (χ4v) is 3.23. The molecule has 144 valence electrons. The molecule has 0 bridgehead atoms. The maximum absolute atomic E-state index is 13.1. The first-order valence-electron chi connectivity index (χ1n) is 9.25. The van der Waals surface area contributed by atoms with Crippen molar-refractivity contribution in [2.45, 2.75) is 39.3 Å². The standard InChI is InChI=1S/C21H26FN3O2/c1-14-10-19(15(2)25(14)11-16-4-6-17(22)7-5-16)20(26)12-24(3)13-21(27)23-18-8-9-18/h4-7,10,18H,8-9,11-13H2,1-3H3,(H,23,27). The van der Waals surface area contributed by atoms with E-state index < -0.39 is 0 Å². The van der Waals surface area contributed by atoms with Crippen LogP contribution < -0.4 is 5.32 Å². The lowest BCUT2D eigenvalue weighted by atomic mass is 10.1. The molecule has 3 rings (SSSR count). The zero-order valence-corrected chi connectivity index (χ0v) is 16.1. The Morgan fingerprint density at radius 3 is 2.48 bits per heavy atom. The first kappa shape index (κ1) is 19.3. The van der Waals surface area contributed by atoms with Gasteiger partial charge in [-0.2, -0.15) is 0 Å². The van der Waals surface area contributed by atoms with E-state index in [0.29, 0.717) is 18.2 Å². The van der Waals surface area contributed by atoms with Crippen molar-refractivity contribution in [2.24, 2.45) is 0 Å². The van der Waals surface area contributed by atoms with Crippen LogP contribution in [0.25, 0.3) is 0 Å². The normalized spacial score (nSPS) is 13.8. The van der Waals surface area contributed by atoms with Crippen molar-refractivity contribution in [3.05, 3.63) is 58.7 Å². The smallest absolute Gasteiger partial charge is 0.234 e. The van der Waals surface area contributed by atoms with E-state index in [1.165, 1.54) is 12.1 Å². The Morgan fingerprint density at radius 2 is 1.85 bits per heavy atom. The number of ketones is 1. The van der Waals surface area contributed by atoms with E-state index in [4.69, 9.17) is 0 Å². The van der Waals surface area contributed by atoms with Crippen LogP contribution in [-0.2, 0) is 11.3 Å². The van der Waals surface area contributed by atoms with Crippen molar-refractivity contribution >= 4 is 11.7 Å². The van der Waals surface area contributed by atoms with Crippen LogP contribution in [0.4, 0.5) is 4.39 Å². The summed E-state index contributed by atoms with van der Waals surface area (Å²) in [6.07, 6.45) is 2.10. The molecule has 0 spiro atoms. The highest BCUT2D eigenvalue weighted by Gasteiger charge is 2.24. The molecule has 6 heteroatoms. The topological polar surface area (TPSA) is 54.3 Å². The monoisotopic (exact) mass is 371 g/mol. The third kappa shape index (κ3) is 5.04. The van der Waals surface area contributed by atoms with Gasteiger partial charge in [-0.1, -0.05) is 12.1 Å². The highest BCUT2D eigenvalue weighted by atomic mass is 19.1. The van der Waals surface area contributed by atoms with Gasteiger partial charge in [-0.15, -0.1) is 0 Å². The Hall–Kier alpha value is -2.47. The molecule has 0 atom stereocenters. The molecule has 1 aromatic carbocycles. The Kier molecular flexibility index (Phi) is 5.75. The van der Waals surface area contributed by atoms with Gasteiger partial charge in [0.2, 0.25) is 5.91 Å². The van der Waals surface area contributed by atoms with Crippen LogP contribution in [0.15, 0.2) is 30.3 Å². The van der Waals surface area contributed by atoms with Crippen molar-refractivity contribution in [3.8, 4) is 0 Å². The van der Waals surface area contributed by atoms with Gasteiger partial charge in [0.15, 0.2) is 5.78 Å². The van der Waals surface area contributed by atoms with E-state index >= 15 is 0 Å². The van der Waals surface area contributed by atoms with Crippen molar-refractivity contribution in [1.29, 1.82) is 0 Å². The van der Waals surface area contributed by atoms with Crippen molar-refractivity contribution in [1.82, 2.24) is 14.8 Å². The molecule has 5 nitrogen and oxygen atoms in total. The summed E-state index contributed by atoms with van der Waals surface area (Å²) in [5, 5.41) is 2.93. The van der Waals surface area contributed by atoms with E-state index in [2.05, 4.69) is 9.88 Å². The van der Waals surface area contributed by atoms with Crippen LogP contribution in [0.2, 0.25) is 0 Å². The number of carbonyl (C=O) groups is 2. The Balaban J connectivity index is 1.64. The summed E-state index contributed by atoms with van der Waals surface area (Å²) in [7, 11) is 1.78. The van der Waals surface area contributed by atoms with Crippen molar-refractivity contribution in [3.63, 3.8) is 0 Å². The van der Waals surface area contributed by atoms with Crippen LogP contribution in [0.5, 0.6) is 0 Å². The van der Waals surface area contributed by atoms with E-state index in [1.807, 2.05) is 19.9 Å². The first-order valence-corrected chi connectivity index (χ1v) is 9.25. The van der Waals surface area contributed by atoms with Crippen LogP contribution in [0.1, 0.15) is 40.2 Å². The number of carbonyl (C=O) groups excluding carboxylic acids is 2. The Bertz CT molecular complexity index is 838. The number of nitrogens with one attached hydrogen (secondary N) is 1. The van der Waals surface area contributed by atoms with Gasteiger partial charge in [-0.3, -0.25) is 14.5 Å². The Morgan fingerprint density at radius 1 is 1.19 bits per heavy atom. The van der Waals surface area contributed by atoms with Crippen molar-refractivity contribution in [2.75, 3.05) is 20.1 Å². The molecule has 0 unspecified atom stereocenters. The molecule has 1 N–H and O–H groups in total. The lowest BCUT2D eigenvalue weighted by molar-refractivity contribution is -0.121. The maximum atomic E-state index is 13.1. The van der Waals surface area contributed by atoms with Gasteiger partial charge in [0.1, 0.15) is 5.82 Å². The fraction of sp³-hybridized carbons (Fsp3) is 0.429. The van der Waals surface area contributed by atoms with Crippen LogP contribution in [0, 0.1) is 19.7 Å². The van der Waals surface area contributed by atoms with Crippen LogP contribution in [0.3, 0.4) is 0 Å². The molecular weight excluding hydrogens is 345 g/mol. The molecular formula is C21H26FN3O2. The molecule has 1 saturated carbocycles. The van der Waals surface area contributed by atoms with Gasteiger partial charge in [0, 0.05) is 29.5 Å². The average molecular weight is 371 g/mol. The second-order valence-corrected chi connectivity index (χ2v) is 7.43. The number of likely N-dealkylation sites (N-methyl/N-ethyl adjacent to an activating group) is 1. The summed E-state index contributed by atoms with van der Waals surface area (Å²) in [6.45, 7) is 4.88. The van der Waals surface area contributed by atoms with Gasteiger partial charge in [0.25, 0.3) is 0 Å². The molecule has 1 heterocycles. The van der Waals surface area contributed by atoms with Gasteiger partial charge in [-0.05, 0) is 57.5 Å². The number of aryl methyl sites for hydroxylation is 1. The number of amides is 1. The first-order chi connectivity index (χ1) is 12.8. The molecule has 27 heavy (non-hydrogen) atoms. The Labute approximate surface area is 159 Å². The molecule has 1 aromatic heterocycles. The fourth-order valence-electron chi connectivity index (χ4n) is 3.23. The zero-order chi connectivity index (χ0) is 19.6. The molecule has 0 radical (unpaired) electrons. The number of nitrogens with zero attached hydrogens (tertiary/aromatic N) is 2. The third-order valence-electron chi connectivity index (χ3n) is 4.90. The number of aromatic nitrogens is 1. The number of benzene rings is 1. The summed E-state index contributed by atoms with van der Waals surface area (Å²) in [5.41, 5.74) is 3.52. The minimum Gasteiger partial charge on any atom is -0.352 e. The SMILES string of the molecule is Cc1cc(C(=O)CN(C)CC(=O)NC2CC2)c(C)n1Cc1ccc(F)cc1. The lowest BCUT2D eigenvalue weighted by Gasteiger charge is -2.15. The molecule has 0 aliphatic heterocycles. The van der Waals surface area contributed by atoms with Crippen molar-refractivity contribution < 1.29 is 14.0 Å². The molecule has 1 aliphatic carbocycles. The van der Waals surface area contributed by atoms with E-state index in [-0.39, 0.29) is 30.6 Å². The predicted octanol–water partition coefficient (Wildman–Crippen LogP) is 2.69. The summed E-state index contributed by atoms with van der Waals surface area (Å²) < 4.78 is 15.2. The van der Waals surface area contributed by atoms with E-state index in [9.17, 15) is 14.0 Å². The van der Waals surface area contributed by atoms with E-state index in [1.54, 1.807) is 24.1 Å². The highest BCUT2D eigenvalue weighted by Crippen LogP contribution is 2.19. The molecule has 1 amide bonds. The highest BCUT2D eigenvalue weighted by molar-refractivity contribution is 5.99. The molecule has 1 fully saturated rings. The molecule has 0 saturated heterocycles. The number of hydrogen-bond donors (Lipinski definition) is 1. The van der Waals surface area contributed by atoms with E-state index in [0.717, 1.165) is 29.8 Å². The maximum Gasteiger partial charge on any atom is 0.234 e. The summed E-state index contributed by atoms with van der Waals surface area (Å²) in [4.78, 5) is 26.3. The summed E-state index contributed by atoms with van der Waals surface area (Å²) in [5.74, 6) is -0.297. The predicted molar refractivity (Wildman–Crippen MR) is 102 cm³/mol. The number of halogens is 1. The summed E-state index contributed by atoms with van der Waals surface area (Å²) >= 11 is 0. The summed E-state index contributed by atoms with van der Waals surface area (Å²) in [6, 6.07) is 8.60. The number of rotatable bonds is 8. The van der Waals surface area contributed by atoms with Gasteiger partial charge < -0.3 is 9.88 Å². The van der Waals surface area contributed by atoms with Gasteiger partial charge in [0.05, 0.1) is 13.1 Å². The van der Waals surface area contributed by atoms with Gasteiger partial charge in [-0.25, -0.2) is 4.39 Å². The molecule has 1 aliphatic rings. The number of hydrogen-bond acceptors (Lipinski definition) is 3. The molecule has 2 aromatic rings. The second-order valence-electron chi connectivity index (χ2n) is 7.43. The van der Waals surface area contributed by atoms with Gasteiger partial charge >= 0.3 is 0 Å². The third-order valence-corrected chi connectivity index (χ3v) is 4.90. The second kappa shape index (κ2) is 8.05. The zero-order valence-electron chi connectivity index (χ0n) is 16.1. The minimum absolute atomic E-state index is 0.00446. The lowest BCUT2D eigenvalue weighted by Crippen LogP contribution is -2.38. The number of Topliss-reactive ketones (excluding diaryl/α,β-unsaturated/α-hetero) is 1. The largest absolute Gasteiger partial charge is 0.352 e. The quantitative estimate of drug-likeness (QED) is 0.726. The average Bonchev–Trinajstić information content (AvgIpc) is 3.36. The minimum atomic E-state index is -0.260.